The molecule has 2 fully saturated rings. The van der Waals surface area contributed by atoms with E-state index in [1.165, 1.54) is 0 Å². The number of hydrogen-bond donors (Lipinski definition) is 1. The van der Waals surface area contributed by atoms with Crippen LogP contribution in [0.25, 0.3) is 0 Å². The molecule has 9 heteroatoms. The van der Waals surface area contributed by atoms with Crippen LogP contribution in [0.2, 0.25) is 0 Å². The number of nitrogens with zero attached hydrogens (tertiary/aromatic N) is 4. The second kappa shape index (κ2) is 6.31. The van der Waals surface area contributed by atoms with E-state index in [4.69, 9.17) is 0 Å². The molecule has 0 aromatic carbocycles. The van der Waals surface area contributed by atoms with E-state index < -0.39 is 9.84 Å². The Morgan fingerprint density at radius 1 is 1.26 bits per heavy atom. The Bertz CT molecular complexity index is 686. The highest BCUT2D eigenvalue weighted by Crippen LogP contribution is 2.19. The minimum atomic E-state index is -2.92. The number of aromatic nitrogens is 2. The molecule has 2 aliphatic heterocycles. The molecule has 23 heavy (non-hydrogen) atoms. The van der Waals surface area contributed by atoms with Crippen LogP contribution in [0.15, 0.2) is 6.07 Å². The Kier molecular flexibility index (Phi) is 4.38. The van der Waals surface area contributed by atoms with E-state index >= 15 is 0 Å². The van der Waals surface area contributed by atoms with Crippen LogP contribution in [-0.2, 0) is 14.6 Å². The third-order valence-electron chi connectivity index (χ3n) is 4.17. The Balaban J connectivity index is 1.71. The van der Waals surface area contributed by atoms with Crippen LogP contribution in [0.5, 0.6) is 0 Å². The van der Waals surface area contributed by atoms with Crippen molar-refractivity contribution in [3.05, 3.63) is 11.8 Å². The number of rotatable bonds is 4. The lowest BCUT2D eigenvalue weighted by molar-refractivity contribution is -0.118. The molecule has 0 aliphatic carbocycles. The lowest BCUT2D eigenvalue weighted by atomic mass is 10.2. The maximum Gasteiger partial charge on any atom is 0.227 e. The standard InChI is InChI=1S/C14H21N5O3S/c1-11-8-13(16-12-2-7-23(21,22)9-12)17-14(15-11)19-5-3-18(10-20)4-6-19/h8,10,12H,2-7,9H2,1H3,(H,15,16,17). The van der Waals surface area contributed by atoms with Gasteiger partial charge in [0.15, 0.2) is 9.84 Å². The predicted molar refractivity (Wildman–Crippen MR) is 87.3 cm³/mol. The van der Waals surface area contributed by atoms with Crippen LogP contribution in [0.4, 0.5) is 11.8 Å². The third kappa shape index (κ3) is 3.90. The highest BCUT2D eigenvalue weighted by atomic mass is 32.2. The fourth-order valence-corrected chi connectivity index (χ4v) is 4.59. The molecular formula is C14H21N5O3S. The first-order valence-corrected chi connectivity index (χ1v) is 9.54. The summed E-state index contributed by atoms with van der Waals surface area (Å²) in [6.45, 7) is 4.59. The van der Waals surface area contributed by atoms with Crippen LogP contribution in [0.1, 0.15) is 12.1 Å². The first-order chi connectivity index (χ1) is 10.9. The summed E-state index contributed by atoms with van der Waals surface area (Å²) in [5.74, 6) is 1.67. The van der Waals surface area contributed by atoms with Crippen molar-refractivity contribution < 1.29 is 13.2 Å². The van der Waals surface area contributed by atoms with E-state index in [2.05, 4.69) is 15.3 Å². The molecule has 1 amide bonds. The number of amides is 1. The number of hydrogen-bond acceptors (Lipinski definition) is 7. The highest BCUT2D eigenvalue weighted by molar-refractivity contribution is 7.91. The van der Waals surface area contributed by atoms with Crippen molar-refractivity contribution in [1.29, 1.82) is 0 Å². The van der Waals surface area contributed by atoms with Crippen molar-refractivity contribution in [2.24, 2.45) is 0 Å². The van der Waals surface area contributed by atoms with Crippen molar-refractivity contribution in [3.63, 3.8) is 0 Å². The molecule has 2 aliphatic rings. The van der Waals surface area contributed by atoms with Crippen LogP contribution in [-0.4, -0.2) is 73.4 Å². The largest absolute Gasteiger partial charge is 0.366 e. The first kappa shape index (κ1) is 16.0. The quantitative estimate of drug-likeness (QED) is 0.750. The average Bonchev–Trinajstić information content (AvgIpc) is 2.85. The van der Waals surface area contributed by atoms with E-state index in [0.717, 1.165) is 12.1 Å². The predicted octanol–water partition coefficient (Wildman–Crippen LogP) is -0.338. The van der Waals surface area contributed by atoms with Gasteiger partial charge < -0.3 is 15.1 Å². The number of sulfone groups is 1. The summed E-state index contributed by atoms with van der Waals surface area (Å²) in [5, 5.41) is 3.21. The van der Waals surface area contributed by atoms with Crippen LogP contribution >= 0.6 is 0 Å². The van der Waals surface area contributed by atoms with Gasteiger partial charge in [-0.2, -0.15) is 4.98 Å². The molecule has 0 radical (unpaired) electrons. The van der Waals surface area contributed by atoms with Crippen LogP contribution in [0, 0.1) is 6.92 Å². The van der Waals surface area contributed by atoms with Gasteiger partial charge in [0.25, 0.3) is 0 Å². The molecule has 1 N–H and O–H groups in total. The normalized spacial score (nSPS) is 23.8. The first-order valence-electron chi connectivity index (χ1n) is 7.72. The monoisotopic (exact) mass is 339 g/mol. The number of nitrogens with one attached hydrogen (secondary N) is 1. The second-order valence-electron chi connectivity index (χ2n) is 6.07. The Labute approximate surface area is 135 Å². The SMILES string of the molecule is Cc1cc(NC2CCS(=O)(=O)C2)nc(N2CCN(C=O)CC2)n1. The molecule has 0 spiro atoms. The molecular weight excluding hydrogens is 318 g/mol. The minimum absolute atomic E-state index is 0.0888. The Morgan fingerprint density at radius 3 is 2.61 bits per heavy atom. The van der Waals surface area contributed by atoms with E-state index in [1.807, 2.05) is 17.9 Å². The van der Waals surface area contributed by atoms with Gasteiger partial charge in [-0.25, -0.2) is 13.4 Å². The third-order valence-corrected chi connectivity index (χ3v) is 5.94. The highest BCUT2D eigenvalue weighted by Gasteiger charge is 2.28. The zero-order valence-corrected chi connectivity index (χ0v) is 13.9. The van der Waals surface area contributed by atoms with Gasteiger partial charge in [0.05, 0.1) is 11.5 Å². The topological polar surface area (TPSA) is 95.5 Å². The second-order valence-corrected chi connectivity index (χ2v) is 8.30. The molecule has 3 rings (SSSR count). The van der Waals surface area contributed by atoms with Gasteiger partial charge in [-0.1, -0.05) is 0 Å². The summed E-state index contributed by atoms with van der Waals surface area (Å²) in [7, 11) is -2.92. The van der Waals surface area contributed by atoms with E-state index in [0.29, 0.717) is 44.4 Å². The van der Waals surface area contributed by atoms with Crippen LogP contribution < -0.4 is 10.2 Å². The summed E-state index contributed by atoms with van der Waals surface area (Å²) in [6, 6.07) is 1.74. The molecule has 8 nitrogen and oxygen atoms in total. The number of carbonyl (C=O) groups excluding carboxylic acids is 1. The Hall–Kier alpha value is -1.90. The summed E-state index contributed by atoms with van der Waals surface area (Å²) in [6.07, 6.45) is 1.47. The van der Waals surface area contributed by atoms with Gasteiger partial charge in [0, 0.05) is 44.0 Å². The molecule has 1 aromatic heterocycles. The van der Waals surface area contributed by atoms with Gasteiger partial charge in [-0.15, -0.1) is 0 Å². The molecule has 0 bridgehead atoms. The smallest absolute Gasteiger partial charge is 0.227 e. The van der Waals surface area contributed by atoms with Crippen molar-refractivity contribution in [1.82, 2.24) is 14.9 Å². The maximum atomic E-state index is 11.6. The maximum absolute atomic E-state index is 11.6. The number of carbonyl (C=O) groups is 1. The van der Waals surface area contributed by atoms with Gasteiger partial charge >= 0.3 is 0 Å². The Morgan fingerprint density at radius 2 is 2.00 bits per heavy atom. The van der Waals surface area contributed by atoms with Crippen molar-refractivity contribution in [2.45, 2.75) is 19.4 Å². The van der Waals surface area contributed by atoms with Gasteiger partial charge in [0.2, 0.25) is 12.4 Å². The zero-order valence-electron chi connectivity index (χ0n) is 13.1. The van der Waals surface area contributed by atoms with E-state index in [-0.39, 0.29) is 17.5 Å². The zero-order chi connectivity index (χ0) is 16.4. The lowest BCUT2D eigenvalue weighted by Crippen LogP contribution is -2.46. The van der Waals surface area contributed by atoms with E-state index in [9.17, 15) is 13.2 Å². The van der Waals surface area contributed by atoms with Crippen molar-refractivity contribution in [2.75, 3.05) is 47.9 Å². The molecule has 1 atom stereocenters. The van der Waals surface area contributed by atoms with E-state index in [1.54, 1.807) is 4.90 Å². The molecule has 0 saturated carbocycles. The van der Waals surface area contributed by atoms with Crippen LogP contribution in [0.3, 0.4) is 0 Å². The number of piperazine rings is 1. The lowest BCUT2D eigenvalue weighted by Gasteiger charge is -2.32. The fourth-order valence-electron chi connectivity index (χ4n) is 2.91. The van der Waals surface area contributed by atoms with Gasteiger partial charge in [-0.3, -0.25) is 4.79 Å². The van der Waals surface area contributed by atoms with Gasteiger partial charge in [0.1, 0.15) is 5.82 Å². The summed E-state index contributed by atoms with van der Waals surface area (Å²) >= 11 is 0. The average molecular weight is 339 g/mol. The van der Waals surface area contributed by atoms with Crippen molar-refractivity contribution in [3.8, 4) is 0 Å². The molecule has 2 saturated heterocycles. The molecule has 3 heterocycles. The summed E-state index contributed by atoms with van der Waals surface area (Å²) < 4.78 is 23.1. The molecule has 1 aromatic rings. The number of anilines is 2. The molecule has 126 valence electrons. The number of aryl methyl sites for hydroxylation is 1. The summed E-state index contributed by atoms with van der Waals surface area (Å²) in [4.78, 5) is 23.5. The fraction of sp³-hybridized carbons (Fsp3) is 0.643. The van der Waals surface area contributed by atoms with Gasteiger partial charge in [-0.05, 0) is 13.3 Å². The van der Waals surface area contributed by atoms with Crippen molar-refractivity contribution >= 4 is 28.0 Å². The minimum Gasteiger partial charge on any atom is -0.366 e. The summed E-state index contributed by atoms with van der Waals surface area (Å²) in [5.41, 5.74) is 0.830. The molecule has 1 unspecified atom stereocenters.